The first-order chi connectivity index (χ1) is 7.77. The number of fused-ring (bicyclic) bond motifs is 3. The number of ether oxygens (including phenoxy) is 1. The highest BCUT2D eigenvalue weighted by Gasteiger charge is 2.40. The minimum atomic E-state index is -0.0689. The van der Waals surface area contributed by atoms with Crippen molar-refractivity contribution < 1.29 is 9.53 Å². The third-order valence-electron chi connectivity index (χ3n) is 3.61. The number of allylic oxidation sites excluding steroid dienone is 2. The van der Waals surface area contributed by atoms with Crippen LogP contribution in [0.15, 0.2) is 36.4 Å². The van der Waals surface area contributed by atoms with Gasteiger partial charge in [0.2, 0.25) is 0 Å². The Labute approximate surface area is 94.9 Å². The smallest absolute Gasteiger partial charge is 0.315 e. The molecule has 1 aromatic rings. The molecule has 1 heterocycles. The predicted molar refractivity (Wildman–Crippen MR) is 61.2 cm³/mol. The lowest BCUT2D eigenvalue weighted by atomic mass is 9.72. The van der Waals surface area contributed by atoms with Gasteiger partial charge in [-0.15, -0.1) is 0 Å². The molecule has 0 amide bonds. The molecule has 2 nitrogen and oxygen atoms in total. The number of carbonyl (C=O) groups excluding carboxylic acids is 1. The molecule has 16 heavy (non-hydrogen) atoms. The molecule has 1 aromatic carbocycles. The maximum Gasteiger partial charge on any atom is 0.315 e. The first kappa shape index (κ1) is 9.64. The van der Waals surface area contributed by atoms with E-state index in [-0.39, 0.29) is 17.8 Å². The zero-order chi connectivity index (χ0) is 11.1. The van der Waals surface area contributed by atoms with E-state index in [4.69, 9.17) is 4.74 Å². The summed E-state index contributed by atoms with van der Waals surface area (Å²) in [6, 6.07) is 7.84. The summed E-state index contributed by atoms with van der Waals surface area (Å²) in [5, 5.41) is 0. The Bertz CT molecular complexity index is 462. The van der Waals surface area contributed by atoms with Crippen molar-refractivity contribution in [2.45, 2.75) is 19.3 Å². The summed E-state index contributed by atoms with van der Waals surface area (Å²) < 4.78 is 5.40. The molecule has 0 aromatic heterocycles. The van der Waals surface area contributed by atoms with Crippen LogP contribution in [-0.4, -0.2) is 5.97 Å². The van der Waals surface area contributed by atoms with Crippen molar-refractivity contribution in [3.8, 4) is 5.75 Å². The van der Waals surface area contributed by atoms with Gasteiger partial charge in [0.1, 0.15) is 5.75 Å². The number of hydrogen-bond acceptors (Lipinski definition) is 2. The number of para-hydroxylation sites is 1. The van der Waals surface area contributed by atoms with E-state index in [0.717, 1.165) is 17.7 Å². The van der Waals surface area contributed by atoms with Crippen LogP contribution in [-0.2, 0) is 4.79 Å². The van der Waals surface area contributed by atoms with Crippen molar-refractivity contribution in [2.75, 3.05) is 0 Å². The lowest BCUT2D eigenvalue weighted by molar-refractivity contribution is -0.142. The first-order valence-electron chi connectivity index (χ1n) is 5.74. The molecule has 0 fully saturated rings. The van der Waals surface area contributed by atoms with Gasteiger partial charge in [0.25, 0.3) is 0 Å². The number of carbonyl (C=O) groups is 1. The fourth-order valence-electron chi connectivity index (χ4n) is 2.76. The predicted octanol–water partition coefficient (Wildman–Crippen LogP) is 2.90. The average molecular weight is 214 g/mol. The van der Waals surface area contributed by atoms with Crippen molar-refractivity contribution in [3.05, 3.63) is 42.0 Å². The van der Waals surface area contributed by atoms with Crippen molar-refractivity contribution in [1.82, 2.24) is 0 Å². The summed E-state index contributed by atoms with van der Waals surface area (Å²) >= 11 is 0. The van der Waals surface area contributed by atoms with E-state index in [1.807, 2.05) is 18.2 Å². The zero-order valence-electron chi connectivity index (χ0n) is 9.22. The molecule has 0 spiro atoms. The van der Waals surface area contributed by atoms with E-state index in [2.05, 4.69) is 25.1 Å². The average Bonchev–Trinajstić information content (AvgIpc) is 2.29. The third kappa shape index (κ3) is 1.29. The molecule has 3 rings (SSSR count). The van der Waals surface area contributed by atoms with Crippen LogP contribution in [0.5, 0.6) is 5.75 Å². The molecule has 1 aliphatic heterocycles. The van der Waals surface area contributed by atoms with Gasteiger partial charge >= 0.3 is 5.97 Å². The molecule has 0 saturated heterocycles. The molecule has 3 atom stereocenters. The fraction of sp³-hybridized carbons (Fsp3) is 0.357. The Hall–Kier alpha value is -1.57. The Balaban J connectivity index is 2.13. The molecule has 2 aliphatic rings. The van der Waals surface area contributed by atoms with E-state index in [1.165, 1.54) is 0 Å². The van der Waals surface area contributed by atoms with E-state index >= 15 is 0 Å². The monoisotopic (exact) mass is 214 g/mol. The molecule has 2 heteroatoms. The topological polar surface area (TPSA) is 26.3 Å². The maximum absolute atomic E-state index is 11.9. The second kappa shape index (κ2) is 3.48. The highest BCUT2D eigenvalue weighted by atomic mass is 16.5. The van der Waals surface area contributed by atoms with Crippen LogP contribution in [0, 0.1) is 11.8 Å². The van der Waals surface area contributed by atoms with Gasteiger partial charge in [0.15, 0.2) is 0 Å². The van der Waals surface area contributed by atoms with Gasteiger partial charge < -0.3 is 4.74 Å². The highest BCUT2D eigenvalue weighted by molar-refractivity contribution is 5.80. The molecular weight excluding hydrogens is 200 g/mol. The van der Waals surface area contributed by atoms with Crippen molar-refractivity contribution in [3.63, 3.8) is 0 Å². The van der Waals surface area contributed by atoms with Gasteiger partial charge in [0.05, 0.1) is 5.92 Å². The van der Waals surface area contributed by atoms with Crippen LogP contribution >= 0.6 is 0 Å². The highest BCUT2D eigenvalue weighted by Crippen LogP contribution is 2.44. The lowest BCUT2D eigenvalue weighted by Crippen LogP contribution is -2.36. The molecule has 1 aliphatic carbocycles. The second-order valence-corrected chi connectivity index (χ2v) is 4.65. The summed E-state index contributed by atoms with van der Waals surface area (Å²) in [5.74, 6) is 1.24. The zero-order valence-corrected chi connectivity index (χ0v) is 9.22. The SMILES string of the molecule is C[C@@H]1CC=C[C@@H]2c3ccccc3OC(=O)[C@@H]12. The van der Waals surface area contributed by atoms with E-state index in [1.54, 1.807) is 0 Å². The number of rotatable bonds is 0. The van der Waals surface area contributed by atoms with Crippen LogP contribution in [0.25, 0.3) is 0 Å². The van der Waals surface area contributed by atoms with Crippen LogP contribution in [0.1, 0.15) is 24.8 Å². The molecule has 0 bridgehead atoms. The van der Waals surface area contributed by atoms with E-state index < -0.39 is 0 Å². The summed E-state index contributed by atoms with van der Waals surface area (Å²) in [7, 11) is 0. The van der Waals surface area contributed by atoms with Gasteiger partial charge in [-0.2, -0.15) is 0 Å². The number of esters is 1. The molecule has 82 valence electrons. The molecular formula is C14H14O2. The number of benzene rings is 1. The standard InChI is InChI=1S/C14H14O2/c1-9-5-4-7-11-10-6-2-3-8-12(10)16-14(15)13(9)11/h2-4,6-9,11,13H,5H2,1H3/t9-,11-,13+/m1/s1. The lowest BCUT2D eigenvalue weighted by Gasteiger charge is -2.35. The van der Waals surface area contributed by atoms with Crippen LogP contribution in [0.4, 0.5) is 0 Å². The van der Waals surface area contributed by atoms with Crippen LogP contribution in [0.3, 0.4) is 0 Å². The van der Waals surface area contributed by atoms with Crippen LogP contribution < -0.4 is 4.74 Å². The number of hydrogen-bond donors (Lipinski definition) is 0. The van der Waals surface area contributed by atoms with Gasteiger partial charge in [0, 0.05) is 11.5 Å². The minimum Gasteiger partial charge on any atom is -0.426 e. The van der Waals surface area contributed by atoms with Gasteiger partial charge in [-0.05, 0) is 18.4 Å². The maximum atomic E-state index is 11.9. The van der Waals surface area contributed by atoms with Crippen molar-refractivity contribution >= 4 is 5.97 Å². The first-order valence-corrected chi connectivity index (χ1v) is 5.74. The fourth-order valence-corrected chi connectivity index (χ4v) is 2.76. The second-order valence-electron chi connectivity index (χ2n) is 4.65. The Morgan fingerprint density at radius 2 is 2.12 bits per heavy atom. The molecule has 0 N–H and O–H groups in total. The van der Waals surface area contributed by atoms with Crippen molar-refractivity contribution in [1.29, 1.82) is 0 Å². The van der Waals surface area contributed by atoms with E-state index in [0.29, 0.717) is 5.92 Å². The Kier molecular flexibility index (Phi) is 2.10. The quantitative estimate of drug-likeness (QED) is 0.377. The summed E-state index contributed by atoms with van der Waals surface area (Å²) in [6.45, 7) is 2.12. The summed E-state index contributed by atoms with van der Waals surface area (Å²) in [6.07, 6.45) is 5.31. The summed E-state index contributed by atoms with van der Waals surface area (Å²) in [5.41, 5.74) is 1.15. The Morgan fingerprint density at radius 3 is 3.00 bits per heavy atom. The van der Waals surface area contributed by atoms with Gasteiger partial charge in [-0.25, -0.2) is 0 Å². The molecule has 0 radical (unpaired) electrons. The summed E-state index contributed by atoms with van der Waals surface area (Å²) in [4.78, 5) is 11.9. The molecule has 0 unspecified atom stereocenters. The Morgan fingerprint density at radius 1 is 1.31 bits per heavy atom. The third-order valence-corrected chi connectivity index (χ3v) is 3.61. The van der Waals surface area contributed by atoms with Crippen molar-refractivity contribution in [2.24, 2.45) is 11.8 Å². The van der Waals surface area contributed by atoms with E-state index in [9.17, 15) is 4.79 Å². The normalized spacial score (nSPS) is 31.6. The molecule has 0 saturated carbocycles. The van der Waals surface area contributed by atoms with Gasteiger partial charge in [-0.3, -0.25) is 4.79 Å². The van der Waals surface area contributed by atoms with Gasteiger partial charge in [-0.1, -0.05) is 37.3 Å². The van der Waals surface area contributed by atoms with Crippen LogP contribution in [0.2, 0.25) is 0 Å². The largest absolute Gasteiger partial charge is 0.426 e. The minimum absolute atomic E-state index is 0.0000926.